The van der Waals surface area contributed by atoms with Crippen molar-refractivity contribution in [2.45, 2.75) is 4.46 Å². The zero-order chi connectivity index (χ0) is 9.31. The summed E-state index contributed by atoms with van der Waals surface area (Å²) < 4.78 is -1.07. The Kier molecular flexibility index (Phi) is 2.06. The van der Waals surface area contributed by atoms with Gasteiger partial charge in [0.15, 0.2) is 0 Å². The first-order valence-corrected chi connectivity index (χ1v) is 4.48. The summed E-state index contributed by atoms with van der Waals surface area (Å²) in [6, 6.07) is 3.79. The predicted octanol–water partition coefficient (Wildman–Crippen LogP) is 2.12. The molecule has 5 heteroatoms. The first kappa shape index (κ1) is 8.66. The topological polar surface area (TPSA) is 40.2 Å². The number of nitrogens with zero attached hydrogens (tertiary/aromatic N) is 1. The molecule has 0 spiro atoms. The number of halogens is 2. The molecule has 1 aliphatic heterocycles. The van der Waals surface area contributed by atoms with Crippen molar-refractivity contribution in [2.24, 2.45) is 4.99 Å². The number of H-pyrrole nitrogens is 1. The fraction of sp³-hybridized carbons (Fsp3) is 0.125. The van der Waals surface area contributed by atoms with E-state index in [4.69, 9.17) is 23.2 Å². The molecule has 0 atom stereocenters. The normalized spacial score (nSPS) is 19.4. The van der Waals surface area contributed by atoms with Crippen molar-refractivity contribution in [1.82, 2.24) is 10.3 Å². The van der Waals surface area contributed by atoms with Crippen LogP contribution in [0, 0.1) is 0 Å². The molecule has 13 heavy (non-hydrogen) atoms. The molecule has 68 valence electrons. The van der Waals surface area contributed by atoms with Crippen molar-refractivity contribution in [1.29, 1.82) is 0 Å². The monoisotopic (exact) mass is 215 g/mol. The molecule has 0 saturated heterocycles. The number of rotatable bonds is 1. The van der Waals surface area contributed by atoms with Gasteiger partial charge in [-0.25, -0.2) is 4.99 Å². The van der Waals surface area contributed by atoms with Crippen LogP contribution in [-0.4, -0.2) is 15.8 Å². The SMILES string of the molecule is ClC1(Cl)C=C(c2ccc[nH]2)N=CN1. The third-order valence-electron chi connectivity index (χ3n) is 1.65. The fourth-order valence-corrected chi connectivity index (χ4v) is 1.38. The van der Waals surface area contributed by atoms with Crippen molar-refractivity contribution in [2.75, 3.05) is 0 Å². The number of aliphatic imine (C=N–C) groups is 1. The molecule has 2 rings (SSSR count). The molecule has 0 unspecified atom stereocenters. The largest absolute Gasteiger partial charge is 0.360 e. The Morgan fingerprint density at radius 1 is 1.38 bits per heavy atom. The molecule has 1 aromatic heterocycles. The molecule has 0 fully saturated rings. The third-order valence-corrected chi connectivity index (χ3v) is 2.09. The molecule has 0 bridgehead atoms. The van der Waals surface area contributed by atoms with Gasteiger partial charge in [0.2, 0.25) is 4.46 Å². The standard InChI is InChI=1S/C8H7Cl2N3/c9-8(10)4-7(12-5-13-8)6-2-1-3-11-6/h1-5,11H,(H,12,13). The molecule has 0 amide bonds. The van der Waals surface area contributed by atoms with Gasteiger partial charge in [0, 0.05) is 6.20 Å². The minimum atomic E-state index is -1.07. The predicted molar refractivity (Wildman–Crippen MR) is 54.8 cm³/mol. The fourth-order valence-electron chi connectivity index (χ4n) is 1.08. The van der Waals surface area contributed by atoms with Crippen LogP contribution in [0.15, 0.2) is 29.4 Å². The van der Waals surface area contributed by atoms with Crippen LogP contribution >= 0.6 is 23.2 Å². The summed E-state index contributed by atoms with van der Waals surface area (Å²) in [6.07, 6.45) is 4.94. The van der Waals surface area contributed by atoms with Crippen LogP contribution < -0.4 is 5.32 Å². The Balaban J connectivity index is 2.35. The van der Waals surface area contributed by atoms with E-state index in [1.807, 2.05) is 18.3 Å². The highest BCUT2D eigenvalue weighted by Gasteiger charge is 2.23. The van der Waals surface area contributed by atoms with Gasteiger partial charge in [-0.1, -0.05) is 23.2 Å². The molecule has 0 radical (unpaired) electrons. The van der Waals surface area contributed by atoms with Gasteiger partial charge in [0.05, 0.1) is 17.7 Å². The van der Waals surface area contributed by atoms with Crippen LogP contribution in [0.5, 0.6) is 0 Å². The minimum Gasteiger partial charge on any atom is -0.360 e. The van der Waals surface area contributed by atoms with Gasteiger partial charge in [0.25, 0.3) is 0 Å². The van der Waals surface area contributed by atoms with E-state index in [2.05, 4.69) is 15.3 Å². The average Bonchev–Trinajstić information content (AvgIpc) is 2.53. The number of hydrogen-bond acceptors (Lipinski definition) is 2. The van der Waals surface area contributed by atoms with Crippen molar-refractivity contribution < 1.29 is 0 Å². The highest BCUT2D eigenvalue weighted by molar-refractivity contribution is 6.50. The maximum Gasteiger partial charge on any atom is 0.210 e. The molecule has 0 saturated carbocycles. The second kappa shape index (κ2) is 3.09. The second-order valence-electron chi connectivity index (χ2n) is 2.64. The molecule has 0 aromatic carbocycles. The lowest BCUT2D eigenvalue weighted by Gasteiger charge is -2.19. The maximum absolute atomic E-state index is 5.86. The smallest absolute Gasteiger partial charge is 0.210 e. The summed E-state index contributed by atoms with van der Waals surface area (Å²) in [5.74, 6) is 0. The summed E-state index contributed by atoms with van der Waals surface area (Å²) in [7, 11) is 0. The first-order chi connectivity index (χ1) is 6.17. The zero-order valence-electron chi connectivity index (χ0n) is 6.59. The van der Waals surface area contributed by atoms with Crippen LogP contribution in [0.1, 0.15) is 5.69 Å². The number of aromatic amines is 1. The summed E-state index contributed by atoms with van der Waals surface area (Å²) in [4.78, 5) is 7.11. The van der Waals surface area contributed by atoms with Crippen molar-refractivity contribution in [3.63, 3.8) is 0 Å². The number of aromatic nitrogens is 1. The van der Waals surface area contributed by atoms with Gasteiger partial charge in [-0.2, -0.15) is 0 Å². The van der Waals surface area contributed by atoms with Gasteiger partial charge < -0.3 is 10.3 Å². The number of alkyl halides is 2. The van der Waals surface area contributed by atoms with Gasteiger partial charge in [0.1, 0.15) is 0 Å². The maximum atomic E-state index is 5.86. The van der Waals surface area contributed by atoms with E-state index in [0.717, 1.165) is 11.4 Å². The molecule has 1 aliphatic rings. The van der Waals surface area contributed by atoms with Gasteiger partial charge in [-0.15, -0.1) is 0 Å². The Labute approximate surface area is 85.5 Å². The third kappa shape index (κ3) is 1.87. The summed E-state index contributed by atoms with van der Waals surface area (Å²) in [5.41, 5.74) is 1.62. The Morgan fingerprint density at radius 3 is 2.85 bits per heavy atom. The molecular weight excluding hydrogens is 209 g/mol. The van der Waals surface area contributed by atoms with Crippen LogP contribution in [-0.2, 0) is 0 Å². The second-order valence-corrected chi connectivity index (χ2v) is 4.02. The van der Waals surface area contributed by atoms with E-state index >= 15 is 0 Å². The van der Waals surface area contributed by atoms with Crippen LogP contribution in [0.2, 0.25) is 0 Å². The zero-order valence-corrected chi connectivity index (χ0v) is 8.10. The number of nitrogens with one attached hydrogen (secondary N) is 2. The Hall–Kier alpha value is -0.930. The summed E-state index contributed by atoms with van der Waals surface area (Å²) in [6.45, 7) is 0. The summed E-state index contributed by atoms with van der Waals surface area (Å²) in [5, 5.41) is 2.70. The lowest BCUT2D eigenvalue weighted by atomic mass is 10.3. The van der Waals surface area contributed by atoms with Gasteiger partial charge >= 0.3 is 0 Å². The van der Waals surface area contributed by atoms with Crippen LogP contribution in [0.4, 0.5) is 0 Å². The van der Waals surface area contributed by atoms with Crippen LogP contribution in [0.25, 0.3) is 5.70 Å². The lowest BCUT2D eigenvalue weighted by molar-refractivity contribution is 0.890. The molecule has 3 nitrogen and oxygen atoms in total. The highest BCUT2D eigenvalue weighted by atomic mass is 35.5. The molecule has 2 N–H and O–H groups in total. The molecular formula is C8H7Cl2N3. The average molecular weight is 216 g/mol. The number of hydrogen-bond donors (Lipinski definition) is 2. The molecule has 0 aliphatic carbocycles. The molecule has 1 aromatic rings. The quantitative estimate of drug-likeness (QED) is 0.547. The van der Waals surface area contributed by atoms with Gasteiger partial charge in [-0.05, 0) is 18.2 Å². The van der Waals surface area contributed by atoms with E-state index in [9.17, 15) is 0 Å². The van der Waals surface area contributed by atoms with E-state index in [1.54, 1.807) is 6.08 Å². The molecule has 2 heterocycles. The van der Waals surface area contributed by atoms with E-state index in [0.29, 0.717) is 0 Å². The lowest BCUT2D eigenvalue weighted by Crippen LogP contribution is -2.33. The van der Waals surface area contributed by atoms with E-state index < -0.39 is 4.46 Å². The Morgan fingerprint density at radius 2 is 2.23 bits per heavy atom. The van der Waals surface area contributed by atoms with E-state index in [-0.39, 0.29) is 0 Å². The van der Waals surface area contributed by atoms with Crippen molar-refractivity contribution in [3.05, 3.63) is 30.1 Å². The summed E-state index contributed by atoms with van der Waals surface area (Å²) >= 11 is 11.7. The Bertz CT molecular complexity index is 351. The first-order valence-electron chi connectivity index (χ1n) is 3.72. The van der Waals surface area contributed by atoms with Crippen molar-refractivity contribution in [3.8, 4) is 0 Å². The highest BCUT2D eigenvalue weighted by Crippen LogP contribution is 2.27. The van der Waals surface area contributed by atoms with Crippen molar-refractivity contribution >= 4 is 35.2 Å². The van der Waals surface area contributed by atoms with Crippen LogP contribution in [0.3, 0.4) is 0 Å². The minimum absolute atomic E-state index is 0.730. The van der Waals surface area contributed by atoms with E-state index in [1.165, 1.54) is 6.34 Å². The van der Waals surface area contributed by atoms with Gasteiger partial charge in [-0.3, -0.25) is 0 Å².